The van der Waals surface area contributed by atoms with Gasteiger partial charge in [-0.05, 0) is 42.4 Å². The maximum atomic E-state index is 6.18. The molecule has 0 bridgehead atoms. The molecule has 3 heteroatoms. The number of ether oxygens (including phenoxy) is 1. The molecule has 0 aromatic heterocycles. The molecule has 0 aliphatic rings. The monoisotopic (exact) mass is 286 g/mol. The van der Waals surface area contributed by atoms with Gasteiger partial charge < -0.3 is 9.16 Å². The number of hydrogen-bond donors (Lipinski definition) is 0. The summed E-state index contributed by atoms with van der Waals surface area (Å²) >= 11 is 0. The van der Waals surface area contributed by atoms with Crippen molar-refractivity contribution in [3.8, 4) is 5.75 Å². The molecule has 0 aliphatic heterocycles. The van der Waals surface area contributed by atoms with Crippen molar-refractivity contribution < 1.29 is 9.16 Å². The van der Waals surface area contributed by atoms with Gasteiger partial charge in [-0.25, -0.2) is 0 Å². The van der Waals surface area contributed by atoms with Crippen LogP contribution in [0.2, 0.25) is 13.1 Å². The molecule has 0 heterocycles. The van der Waals surface area contributed by atoms with Crippen LogP contribution in [0.3, 0.4) is 0 Å². The lowest BCUT2D eigenvalue weighted by Gasteiger charge is -2.23. The highest BCUT2D eigenvalue weighted by Crippen LogP contribution is 2.12. The van der Waals surface area contributed by atoms with Crippen LogP contribution in [-0.2, 0) is 10.8 Å². The van der Waals surface area contributed by atoms with Crippen LogP contribution in [0.25, 0.3) is 0 Å². The maximum absolute atomic E-state index is 6.18. The summed E-state index contributed by atoms with van der Waals surface area (Å²) < 4.78 is 11.3. The standard InChI is InChI=1S/C17H22O2Si/c1-18-16-11-9-15(10-12-16)13-14-19-20(2,3)17-7-5-4-6-8-17/h4-12H,13-14H2,1-3H3. The highest BCUT2D eigenvalue weighted by Gasteiger charge is 2.24. The predicted molar refractivity (Wildman–Crippen MR) is 86.2 cm³/mol. The van der Waals surface area contributed by atoms with Crippen molar-refractivity contribution in [2.45, 2.75) is 19.5 Å². The van der Waals surface area contributed by atoms with E-state index < -0.39 is 8.32 Å². The summed E-state index contributed by atoms with van der Waals surface area (Å²) in [5, 5.41) is 1.34. The summed E-state index contributed by atoms with van der Waals surface area (Å²) in [6, 6.07) is 18.7. The van der Waals surface area contributed by atoms with Crippen molar-refractivity contribution in [3.05, 3.63) is 60.2 Å². The van der Waals surface area contributed by atoms with Crippen molar-refractivity contribution in [2.75, 3.05) is 13.7 Å². The largest absolute Gasteiger partial charge is 0.497 e. The van der Waals surface area contributed by atoms with Gasteiger partial charge in [-0.1, -0.05) is 42.5 Å². The Hall–Kier alpha value is -1.58. The summed E-state index contributed by atoms with van der Waals surface area (Å²) in [6.07, 6.45) is 0.938. The van der Waals surface area contributed by atoms with Gasteiger partial charge in [-0.3, -0.25) is 0 Å². The minimum Gasteiger partial charge on any atom is -0.497 e. The molecule has 0 unspecified atom stereocenters. The molecule has 0 fully saturated rings. The van der Waals surface area contributed by atoms with Crippen LogP contribution in [0.15, 0.2) is 54.6 Å². The van der Waals surface area contributed by atoms with E-state index in [0.717, 1.165) is 18.8 Å². The average Bonchev–Trinajstić information content (AvgIpc) is 2.49. The Kier molecular flexibility index (Phi) is 4.98. The highest BCUT2D eigenvalue weighted by atomic mass is 28.4. The van der Waals surface area contributed by atoms with Crippen LogP contribution in [0.4, 0.5) is 0 Å². The van der Waals surface area contributed by atoms with Crippen molar-refractivity contribution in [2.24, 2.45) is 0 Å². The van der Waals surface area contributed by atoms with Crippen molar-refractivity contribution in [1.29, 1.82) is 0 Å². The lowest BCUT2D eigenvalue weighted by Crippen LogP contribution is -2.45. The first-order chi connectivity index (χ1) is 9.62. The molecule has 0 atom stereocenters. The fourth-order valence-corrected chi connectivity index (χ4v) is 3.91. The molecule has 2 aromatic rings. The second-order valence-corrected chi connectivity index (χ2v) is 9.21. The van der Waals surface area contributed by atoms with E-state index in [1.54, 1.807) is 7.11 Å². The summed E-state index contributed by atoms with van der Waals surface area (Å²) in [6.45, 7) is 5.26. The van der Waals surface area contributed by atoms with Gasteiger partial charge in [-0.2, -0.15) is 0 Å². The van der Waals surface area contributed by atoms with E-state index in [2.05, 4.69) is 49.5 Å². The average molecular weight is 286 g/mol. The molecular weight excluding hydrogens is 264 g/mol. The Morgan fingerprint density at radius 3 is 2.15 bits per heavy atom. The van der Waals surface area contributed by atoms with E-state index in [9.17, 15) is 0 Å². The summed E-state index contributed by atoms with van der Waals surface area (Å²) in [5.74, 6) is 0.897. The Bertz CT molecular complexity index is 520. The third-order valence-corrected chi connectivity index (χ3v) is 6.13. The Balaban J connectivity index is 1.88. The Morgan fingerprint density at radius 1 is 0.900 bits per heavy atom. The molecule has 0 aliphatic carbocycles. The van der Waals surface area contributed by atoms with Crippen LogP contribution in [0.5, 0.6) is 5.75 Å². The topological polar surface area (TPSA) is 18.5 Å². The Labute approximate surface area is 122 Å². The van der Waals surface area contributed by atoms with Crippen LogP contribution >= 0.6 is 0 Å². The maximum Gasteiger partial charge on any atom is 0.218 e. The second kappa shape index (κ2) is 6.73. The molecule has 2 aromatic carbocycles. The molecule has 20 heavy (non-hydrogen) atoms. The first-order valence-corrected chi connectivity index (χ1v) is 9.85. The smallest absolute Gasteiger partial charge is 0.218 e. The predicted octanol–water partition coefficient (Wildman–Crippen LogP) is 3.37. The molecule has 106 valence electrons. The van der Waals surface area contributed by atoms with Gasteiger partial charge in [0.2, 0.25) is 8.32 Å². The van der Waals surface area contributed by atoms with E-state index >= 15 is 0 Å². The molecule has 0 spiro atoms. The highest BCUT2D eigenvalue weighted by molar-refractivity contribution is 6.84. The van der Waals surface area contributed by atoms with Crippen molar-refractivity contribution in [1.82, 2.24) is 0 Å². The molecule has 0 radical (unpaired) electrons. The minimum atomic E-state index is -1.78. The van der Waals surface area contributed by atoms with Gasteiger partial charge >= 0.3 is 0 Å². The molecule has 0 N–H and O–H groups in total. The van der Waals surface area contributed by atoms with E-state index in [1.807, 2.05) is 18.2 Å². The lowest BCUT2D eigenvalue weighted by molar-refractivity contribution is 0.320. The van der Waals surface area contributed by atoms with Gasteiger partial charge in [0.1, 0.15) is 5.75 Å². The summed E-state index contributed by atoms with van der Waals surface area (Å²) in [4.78, 5) is 0. The van der Waals surface area contributed by atoms with Crippen molar-refractivity contribution in [3.63, 3.8) is 0 Å². The van der Waals surface area contributed by atoms with E-state index in [4.69, 9.17) is 9.16 Å². The molecule has 0 saturated heterocycles. The first kappa shape index (κ1) is 14.8. The van der Waals surface area contributed by atoms with E-state index in [1.165, 1.54) is 10.8 Å². The van der Waals surface area contributed by atoms with Gasteiger partial charge in [0.05, 0.1) is 7.11 Å². The van der Waals surface area contributed by atoms with E-state index in [0.29, 0.717) is 0 Å². The SMILES string of the molecule is COc1ccc(CCO[Si](C)(C)c2ccccc2)cc1. The number of benzene rings is 2. The zero-order chi connectivity index (χ0) is 14.4. The molecular formula is C17H22O2Si. The van der Waals surface area contributed by atoms with Gasteiger partial charge in [0.25, 0.3) is 0 Å². The molecule has 0 amide bonds. The minimum absolute atomic E-state index is 0.764. The number of rotatable bonds is 6. The fraction of sp³-hybridized carbons (Fsp3) is 0.294. The van der Waals surface area contributed by atoms with Crippen LogP contribution in [0, 0.1) is 0 Å². The van der Waals surface area contributed by atoms with Gasteiger partial charge in [0, 0.05) is 6.61 Å². The third kappa shape index (κ3) is 3.95. The van der Waals surface area contributed by atoms with E-state index in [-0.39, 0.29) is 0 Å². The quantitative estimate of drug-likeness (QED) is 0.758. The summed E-state index contributed by atoms with van der Waals surface area (Å²) in [5.41, 5.74) is 1.28. The second-order valence-electron chi connectivity index (χ2n) is 5.32. The zero-order valence-corrected chi connectivity index (χ0v) is 13.4. The first-order valence-electron chi connectivity index (χ1n) is 6.94. The third-order valence-electron chi connectivity index (χ3n) is 3.48. The number of methoxy groups -OCH3 is 1. The molecule has 2 nitrogen and oxygen atoms in total. The van der Waals surface area contributed by atoms with Crippen molar-refractivity contribution >= 4 is 13.5 Å². The van der Waals surface area contributed by atoms with Crippen LogP contribution in [0.1, 0.15) is 5.56 Å². The zero-order valence-electron chi connectivity index (χ0n) is 12.4. The normalized spacial score (nSPS) is 11.3. The fourth-order valence-electron chi connectivity index (χ4n) is 2.14. The molecule has 0 saturated carbocycles. The Morgan fingerprint density at radius 2 is 1.55 bits per heavy atom. The number of hydrogen-bond acceptors (Lipinski definition) is 2. The van der Waals surface area contributed by atoms with Gasteiger partial charge in [0.15, 0.2) is 0 Å². The van der Waals surface area contributed by atoms with Crippen LogP contribution < -0.4 is 9.92 Å². The lowest BCUT2D eigenvalue weighted by atomic mass is 10.1. The summed E-state index contributed by atoms with van der Waals surface area (Å²) in [7, 11) is -0.0892. The van der Waals surface area contributed by atoms with Gasteiger partial charge in [-0.15, -0.1) is 0 Å². The van der Waals surface area contributed by atoms with Crippen LogP contribution in [-0.4, -0.2) is 22.0 Å². The molecule has 2 rings (SSSR count).